The normalized spacial score (nSPS) is 17.9. The Morgan fingerprint density at radius 3 is 2.74 bits per heavy atom. The molecule has 2 aromatic rings. The summed E-state index contributed by atoms with van der Waals surface area (Å²) < 4.78 is 5.68. The average molecular weight is 386 g/mol. The van der Waals surface area contributed by atoms with Crippen LogP contribution in [0.2, 0.25) is 5.02 Å². The average Bonchev–Trinajstić information content (AvgIpc) is 3.05. The molecule has 27 heavy (non-hydrogen) atoms. The Balaban J connectivity index is 1.74. The fourth-order valence-corrected chi connectivity index (χ4v) is 3.43. The van der Waals surface area contributed by atoms with Crippen LogP contribution in [0.5, 0.6) is 5.75 Å². The van der Waals surface area contributed by atoms with Crippen LogP contribution < -0.4 is 9.64 Å². The van der Waals surface area contributed by atoms with Crippen LogP contribution in [0.4, 0.5) is 5.69 Å². The molecule has 1 fully saturated rings. The predicted octanol–water partition coefficient (Wildman–Crippen LogP) is 5.12. The molecule has 1 amide bonds. The maximum absolute atomic E-state index is 12.7. The zero-order chi connectivity index (χ0) is 19.6. The summed E-state index contributed by atoms with van der Waals surface area (Å²) in [6, 6.07) is 13.1. The standard InChI is InChI=1S/C22H24ClNO3/c1-4-14(2)18-7-5-6-8-20(18)27-22(26)16-11-21(25)24(13-16)17-10-9-15(3)19(23)12-17/h5-10,12,14,16H,4,11,13H2,1-3H3/t14-,16-/m1/s1. The lowest BCUT2D eigenvalue weighted by Crippen LogP contribution is -2.27. The number of amides is 1. The number of ether oxygens (including phenoxy) is 1. The zero-order valence-corrected chi connectivity index (χ0v) is 16.6. The molecule has 1 aliphatic rings. The van der Waals surface area contributed by atoms with Gasteiger partial charge in [0.25, 0.3) is 0 Å². The lowest BCUT2D eigenvalue weighted by molar-refractivity contribution is -0.139. The first-order valence-electron chi connectivity index (χ1n) is 9.27. The highest BCUT2D eigenvalue weighted by Gasteiger charge is 2.36. The maximum atomic E-state index is 12.7. The molecule has 0 spiro atoms. The highest BCUT2D eigenvalue weighted by atomic mass is 35.5. The third-order valence-corrected chi connectivity index (χ3v) is 5.61. The highest BCUT2D eigenvalue weighted by Crippen LogP contribution is 2.32. The molecule has 2 aromatic carbocycles. The number of benzene rings is 2. The van der Waals surface area contributed by atoms with Crippen molar-refractivity contribution < 1.29 is 14.3 Å². The van der Waals surface area contributed by atoms with Gasteiger partial charge < -0.3 is 9.64 Å². The Kier molecular flexibility index (Phi) is 5.85. The SMILES string of the molecule is CC[C@@H](C)c1ccccc1OC(=O)[C@@H]1CC(=O)N(c2ccc(C)c(Cl)c2)C1. The number of carbonyl (C=O) groups is 2. The Hall–Kier alpha value is -2.33. The summed E-state index contributed by atoms with van der Waals surface area (Å²) >= 11 is 6.18. The molecule has 2 atom stereocenters. The third-order valence-electron chi connectivity index (χ3n) is 5.20. The Bertz CT molecular complexity index is 864. The summed E-state index contributed by atoms with van der Waals surface area (Å²) in [6.07, 6.45) is 1.11. The van der Waals surface area contributed by atoms with E-state index in [1.807, 2.05) is 43.3 Å². The van der Waals surface area contributed by atoms with Gasteiger partial charge >= 0.3 is 5.97 Å². The molecule has 1 heterocycles. The van der Waals surface area contributed by atoms with E-state index in [-0.39, 0.29) is 18.3 Å². The molecule has 0 saturated carbocycles. The molecule has 0 N–H and O–H groups in total. The first-order valence-corrected chi connectivity index (χ1v) is 9.65. The number of esters is 1. The van der Waals surface area contributed by atoms with Crippen LogP contribution in [0.3, 0.4) is 0 Å². The second-order valence-electron chi connectivity index (χ2n) is 7.11. The molecule has 0 aliphatic carbocycles. The smallest absolute Gasteiger partial charge is 0.316 e. The minimum Gasteiger partial charge on any atom is -0.426 e. The van der Waals surface area contributed by atoms with Crippen molar-refractivity contribution in [2.24, 2.45) is 5.92 Å². The van der Waals surface area contributed by atoms with E-state index in [0.29, 0.717) is 28.9 Å². The largest absolute Gasteiger partial charge is 0.426 e. The number of halogens is 1. The van der Waals surface area contributed by atoms with E-state index in [0.717, 1.165) is 17.5 Å². The first-order chi connectivity index (χ1) is 12.9. The van der Waals surface area contributed by atoms with Gasteiger partial charge in [0.2, 0.25) is 5.91 Å². The molecule has 0 unspecified atom stereocenters. The van der Waals surface area contributed by atoms with Crippen molar-refractivity contribution in [3.63, 3.8) is 0 Å². The third kappa shape index (κ3) is 4.16. The van der Waals surface area contributed by atoms with Gasteiger partial charge in [0.05, 0.1) is 5.92 Å². The van der Waals surface area contributed by atoms with E-state index in [4.69, 9.17) is 16.3 Å². The number of aryl methyl sites for hydroxylation is 1. The number of rotatable bonds is 5. The minimum atomic E-state index is -0.484. The zero-order valence-electron chi connectivity index (χ0n) is 15.9. The summed E-state index contributed by atoms with van der Waals surface area (Å²) in [7, 11) is 0. The summed E-state index contributed by atoms with van der Waals surface area (Å²) in [6.45, 7) is 6.42. The molecular formula is C22H24ClNO3. The predicted molar refractivity (Wildman–Crippen MR) is 107 cm³/mol. The van der Waals surface area contributed by atoms with E-state index in [1.165, 1.54) is 0 Å². The van der Waals surface area contributed by atoms with Crippen LogP contribution in [-0.4, -0.2) is 18.4 Å². The fraction of sp³-hybridized carbons (Fsp3) is 0.364. The molecule has 142 valence electrons. The van der Waals surface area contributed by atoms with Crippen molar-refractivity contribution >= 4 is 29.2 Å². The molecule has 1 saturated heterocycles. The van der Waals surface area contributed by atoms with Gasteiger partial charge in [-0.15, -0.1) is 0 Å². The van der Waals surface area contributed by atoms with Gasteiger partial charge in [-0.1, -0.05) is 49.7 Å². The van der Waals surface area contributed by atoms with Crippen LogP contribution >= 0.6 is 11.6 Å². The molecule has 5 heteroatoms. The van der Waals surface area contributed by atoms with Crippen LogP contribution in [0, 0.1) is 12.8 Å². The maximum Gasteiger partial charge on any atom is 0.316 e. The van der Waals surface area contributed by atoms with Gasteiger partial charge in [0.1, 0.15) is 5.75 Å². The second kappa shape index (κ2) is 8.13. The van der Waals surface area contributed by atoms with E-state index >= 15 is 0 Å². The van der Waals surface area contributed by atoms with Crippen LogP contribution in [0.25, 0.3) is 0 Å². The quantitative estimate of drug-likeness (QED) is 0.530. The topological polar surface area (TPSA) is 46.6 Å². The molecule has 0 bridgehead atoms. The molecular weight excluding hydrogens is 362 g/mol. The van der Waals surface area contributed by atoms with Crippen LogP contribution in [-0.2, 0) is 9.59 Å². The molecule has 0 aromatic heterocycles. The van der Waals surface area contributed by atoms with Crippen molar-refractivity contribution in [3.05, 3.63) is 58.6 Å². The van der Waals surface area contributed by atoms with Gasteiger partial charge in [-0.3, -0.25) is 9.59 Å². The highest BCUT2D eigenvalue weighted by molar-refractivity contribution is 6.31. The number of carbonyl (C=O) groups excluding carboxylic acids is 2. The Labute approximate surface area is 165 Å². The van der Waals surface area contributed by atoms with Gasteiger partial charge in [0, 0.05) is 23.7 Å². The van der Waals surface area contributed by atoms with Crippen molar-refractivity contribution in [1.82, 2.24) is 0 Å². The monoisotopic (exact) mass is 385 g/mol. The summed E-state index contributed by atoms with van der Waals surface area (Å²) in [5, 5.41) is 0.605. The van der Waals surface area contributed by atoms with E-state index in [9.17, 15) is 9.59 Å². The first kappa shape index (κ1) is 19.4. The number of nitrogens with zero attached hydrogens (tertiary/aromatic N) is 1. The number of para-hydroxylation sites is 1. The summed E-state index contributed by atoms with van der Waals surface area (Å²) in [4.78, 5) is 26.7. The second-order valence-corrected chi connectivity index (χ2v) is 7.51. The van der Waals surface area contributed by atoms with Gasteiger partial charge in [-0.25, -0.2) is 0 Å². The summed E-state index contributed by atoms with van der Waals surface area (Å²) in [5.41, 5.74) is 2.68. The van der Waals surface area contributed by atoms with Crippen molar-refractivity contribution in [2.75, 3.05) is 11.4 Å². The van der Waals surface area contributed by atoms with Gasteiger partial charge in [-0.05, 0) is 48.6 Å². The Morgan fingerprint density at radius 2 is 2.04 bits per heavy atom. The van der Waals surface area contributed by atoms with Crippen molar-refractivity contribution in [3.8, 4) is 5.75 Å². The van der Waals surface area contributed by atoms with Gasteiger partial charge in [-0.2, -0.15) is 0 Å². The van der Waals surface area contributed by atoms with Gasteiger partial charge in [0.15, 0.2) is 0 Å². The minimum absolute atomic E-state index is 0.0907. The van der Waals surface area contributed by atoms with Crippen molar-refractivity contribution in [1.29, 1.82) is 0 Å². The van der Waals surface area contributed by atoms with Crippen molar-refractivity contribution in [2.45, 2.75) is 39.5 Å². The molecule has 4 nitrogen and oxygen atoms in total. The van der Waals surface area contributed by atoms with E-state index in [2.05, 4.69) is 13.8 Å². The van der Waals surface area contributed by atoms with E-state index < -0.39 is 5.92 Å². The van der Waals surface area contributed by atoms with Crippen LogP contribution in [0.1, 0.15) is 43.7 Å². The fourth-order valence-electron chi connectivity index (χ4n) is 3.26. The molecule has 1 aliphatic heterocycles. The van der Waals surface area contributed by atoms with Crippen LogP contribution in [0.15, 0.2) is 42.5 Å². The lowest BCUT2D eigenvalue weighted by Gasteiger charge is -2.18. The summed E-state index contributed by atoms with van der Waals surface area (Å²) in [5.74, 6) is -0.0546. The van der Waals surface area contributed by atoms with E-state index in [1.54, 1.807) is 11.0 Å². The number of hydrogen-bond acceptors (Lipinski definition) is 3. The lowest BCUT2D eigenvalue weighted by atomic mass is 9.98. The molecule has 0 radical (unpaired) electrons. The number of anilines is 1. The molecule has 3 rings (SSSR count). The Morgan fingerprint density at radius 1 is 1.30 bits per heavy atom. The number of hydrogen-bond donors (Lipinski definition) is 0.